The van der Waals surface area contributed by atoms with Crippen LogP contribution in [-0.2, 0) is 0 Å². The monoisotopic (exact) mass is 221 g/mol. The van der Waals surface area contributed by atoms with Crippen LogP contribution in [0.15, 0.2) is 18.2 Å². The molecule has 0 heterocycles. The lowest BCUT2D eigenvalue weighted by atomic mass is 10.1. The van der Waals surface area contributed by atoms with E-state index in [0.29, 0.717) is 6.04 Å². The zero-order valence-corrected chi connectivity index (χ0v) is 10.6. The fourth-order valence-electron chi connectivity index (χ4n) is 1.63. The van der Waals surface area contributed by atoms with Crippen molar-refractivity contribution < 1.29 is 4.74 Å². The fourth-order valence-corrected chi connectivity index (χ4v) is 1.63. The van der Waals surface area contributed by atoms with Gasteiger partial charge in [0, 0.05) is 6.04 Å². The molecule has 16 heavy (non-hydrogen) atoms. The standard InChI is InChI=1S/C14H23NO/c1-11-7-6-9-14(13(11)3)16-10-5-4-8-12(2)15/h6-7,9,12H,4-5,8,10,15H2,1-3H3. The first kappa shape index (κ1) is 13.0. The Hall–Kier alpha value is -1.02. The molecule has 0 fully saturated rings. The molecule has 1 aromatic rings. The fraction of sp³-hybridized carbons (Fsp3) is 0.571. The van der Waals surface area contributed by atoms with Gasteiger partial charge in [0.05, 0.1) is 6.61 Å². The Kier molecular flexibility index (Phi) is 5.33. The van der Waals surface area contributed by atoms with Crippen molar-refractivity contribution in [1.29, 1.82) is 0 Å². The molecule has 1 rings (SSSR count). The topological polar surface area (TPSA) is 35.2 Å². The maximum absolute atomic E-state index is 5.76. The Morgan fingerprint density at radius 3 is 2.69 bits per heavy atom. The molecule has 0 aliphatic rings. The summed E-state index contributed by atoms with van der Waals surface area (Å²) in [6, 6.07) is 6.49. The molecule has 0 aliphatic heterocycles. The first-order valence-electron chi connectivity index (χ1n) is 6.06. The van der Waals surface area contributed by atoms with E-state index in [0.717, 1.165) is 31.6 Å². The molecule has 0 bridgehead atoms. The number of hydrogen-bond donors (Lipinski definition) is 1. The van der Waals surface area contributed by atoms with Crippen LogP contribution in [0.1, 0.15) is 37.3 Å². The van der Waals surface area contributed by atoms with Gasteiger partial charge in [-0.2, -0.15) is 0 Å². The molecule has 0 amide bonds. The van der Waals surface area contributed by atoms with Crippen LogP contribution in [0.5, 0.6) is 5.75 Å². The summed E-state index contributed by atoms with van der Waals surface area (Å²) in [4.78, 5) is 0. The van der Waals surface area contributed by atoms with Crippen molar-refractivity contribution in [3.63, 3.8) is 0 Å². The largest absolute Gasteiger partial charge is 0.493 e. The Labute approximate surface area is 98.8 Å². The lowest BCUT2D eigenvalue weighted by molar-refractivity contribution is 0.301. The first-order chi connectivity index (χ1) is 7.61. The summed E-state index contributed by atoms with van der Waals surface area (Å²) in [6.45, 7) is 7.05. The van der Waals surface area contributed by atoms with Gasteiger partial charge in [0.25, 0.3) is 0 Å². The van der Waals surface area contributed by atoms with E-state index in [-0.39, 0.29) is 0 Å². The normalized spacial score (nSPS) is 12.5. The van der Waals surface area contributed by atoms with E-state index < -0.39 is 0 Å². The second-order valence-electron chi connectivity index (χ2n) is 4.52. The Balaban J connectivity index is 2.29. The number of unbranched alkanes of at least 4 members (excludes halogenated alkanes) is 1. The summed E-state index contributed by atoms with van der Waals surface area (Å²) in [6.07, 6.45) is 3.30. The van der Waals surface area contributed by atoms with E-state index in [1.807, 2.05) is 19.1 Å². The summed E-state index contributed by atoms with van der Waals surface area (Å²) >= 11 is 0. The van der Waals surface area contributed by atoms with E-state index in [2.05, 4.69) is 19.9 Å². The minimum Gasteiger partial charge on any atom is -0.493 e. The molecule has 2 nitrogen and oxygen atoms in total. The Morgan fingerprint density at radius 1 is 1.25 bits per heavy atom. The molecule has 2 N–H and O–H groups in total. The molecule has 1 unspecified atom stereocenters. The van der Waals surface area contributed by atoms with Crippen LogP contribution in [0, 0.1) is 13.8 Å². The molecule has 0 spiro atoms. The van der Waals surface area contributed by atoms with Crippen LogP contribution in [0.3, 0.4) is 0 Å². The molecule has 0 saturated carbocycles. The second-order valence-corrected chi connectivity index (χ2v) is 4.52. The number of benzene rings is 1. The third-order valence-corrected chi connectivity index (χ3v) is 2.87. The molecular weight excluding hydrogens is 198 g/mol. The van der Waals surface area contributed by atoms with Crippen molar-refractivity contribution in [2.75, 3.05) is 6.61 Å². The highest BCUT2D eigenvalue weighted by molar-refractivity contribution is 5.38. The molecular formula is C14H23NO. The summed E-state index contributed by atoms with van der Waals surface area (Å²) in [5.41, 5.74) is 8.22. The number of ether oxygens (including phenoxy) is 1. The summed E-state index contributed by atoms with van der Waals surface area (Å²) in [5, 5.41) is 0. The predicted molar refractivity (Wildman–Crippen MR) is 68.9 cm³/mol. The quantitative estimate of drug-likeness (QED) is 0.749. The lowest BCUT2D eigenvalue weighted by Crippen LogP contribution is -2.14. The van der Waals surface area contributed by atoms with Crippen LogP contribution in [0.4, 0.5) is 0 Å². The minimum atomic E-state index is 0.306. The molecule has 90 valence electrons. The van der Waals surface area contributed by atoms with Crippen molar-refractivity contribution in [1.82, 2.24) is 0 Å². The average Bonchev–Trinajstić information content (AvgIpc) is 2.23. The van der Waals surface area contributed by atoms with Gasteiger partial charge >= 0.3 is 0 Å². The average molecular weight is 221 g/mol. The second kappa shape index (κ2) is 6.54. The van der Waals surface area contributed by atoms with Gasteiger partial charge in [-0.25, -0.2) is 0 Å². The van der Waals surface area contributed by atoms with Crippen molar-refractivity contribution in [2.24, 2.45) is 5.73 Å². The maximum atomic E-state index is 5.76. The van der Waals surface area contributed by atoms with Crippen molar-refractivity contribution in [2.45, 2.75) is 46.1 Å². The summed E-state index contributed by atoms with van der Waals surface area (Å²) < 4.78 is 5.76. The number of aryl methyl sites for hydroxylation is 1. The van der Waals surface area contributed by atoms with Gasteiger partial charge in [-0.15, -0.1) is 0 Å². The zero-order chi connectivity index (χ0) is 12.0. The van der Waals surface area contributed by atoms with Crippen LogP contribution in [0.2, 0.25) is 0 Å². The zero-order valence-electron chi connectivity index (χ0n) is 10.6. The number of rotatable bonds is 6. The van der Waals surface area contributed by atoms with Crippen LogP contribution in [-0.4, -0.2) is 12.6 Å². The lowest BCUT2D eigenvalue weighted by Gasteiger charge is -2.11. The van der Waals surface area contributed by atoms with Gasteiger partial charge in [0.2, 0.25) is 0 Å². The molecule has 0 aromatic heterocycles. The van der Waals surface area contributed by atoms with Gasteiger partial charge in [-0.1, -0.05) is 12.1 Å². The number of hydrogen-bond acceptors (Lipinski definition) is 2. The van der Waals surface area contributed by atoms with Gasteiger partial charge in [-0.3, -0.25) is 0 Å². The van der Waals surface area contributed by atoms with E-state index >= 15 is 0 Å². The third-order valence-electron chi connectivity index (χ3n) is 2.87. The van der Waals surface area contributed by atoms with Crippen LogP contribution < -0.4 is 10.5 Å². The van der Waals surface area contributed by atoms with E-state index in [9.17, 15) is 0 Å². The van der Waals surface area contributed by atoms with Gasteiger partial charge in [0.15, 0.2) is 0 Å². The van der Waals surface area contributed by atoms with E-state index in [1.165, 1.54) is 11.1 Å². The highest BCUT2D eigenvalue weighted by Gasteiger charge is 2.01. The van der Waals surface area contributed by atoms with Gasteiger partial charge in [-0.05, 0) is 57.2 Å². The molecule has 1 atom stereocenters. The van der Waals surface area contributed by atoms with Crippen molar-refractivity contribution in [3.8, 4) is 5.75 Å². The van der Waals surface area contributed by atoms with Gasteiger partial charge in [0.1, 0.15) is 5.75 Å². The highest BCUT2D eigenvalue weighted by atomic mass is 16.5. The molecule has 2 heteroatoms. The van der Waals surface area contributed by atoms with Crippen LogP contribution in [0.25, 0.3) is 0 Å². The molecule has 0 saturated heterocycles. The third kappa shape index (κ3) is 4.23. The maximum Gasteiger partial charge on any atom is 0.122 e. The van der Waals surface area contributed by atoms with Crippen LogP contribution >= 0.6 is 0 Å². The smallest absolute Gasteiger partial charge is 0.122 e. The Bertz CT molecular complexity index is 321. The van der Waals surface area contributed by atoms with Crippen molar-refractivity contribution >= 4 is 0 Å². The summed E-state index contributed by atoms with van der Waals surface area (Å²) in [5.74, 6) is 1.01. The minimum absolute atomic E-state index is 0.306. The van der Waals surface area contributed by atoms with Gasteiger partial charge < -0.3 is 10.5 Å². The van der Waals surface area contributed by atoms with E-state index in [4.69, 9.17) is 10.5 Å². The Morgan fingerprint density at radius 2 is 2.00 bits per heavy atom. The molecule has 1 aromatic carbocycles. The first-order valence-corrected chi connectivity index (χ1v) is 6.06. The van der Waals surface area contributed by atoms with E-state index in [1.54, 1.807) is 0 Å². The van der Waals surface area contributed by atoms with Crippen molar-refractivity contribution in [3.05, 3.63) is 29.3 Å². The predicted octanol–water partition coefficient (Wildman–Crippen LogP) is 3.20. The molecule has 0 radical (unpaired) electrons. The summed E-state index contributed by atoms with van der Waals surface area (Å²) in [7, 11) is 0. The highest BCUT2D eigenvalue weighted by Crippen LogP contribution is 2.20. The molecule has 0 aliphatic carbocycles. The SMILES string of the molecule is Cc1cccc(OCCCCC(C)N)c1C. The number of nitrogens with two attached hydrogens (primary N) is 1.